The molecule has 1 amide bonds. The number of hydrogen-bond acceptors (Lipinski definition) is 5. The smallest absolute Gasteiger partial charge is 0.408 e. The maximum Gasteiger partial charge on any atom is 0.408 e. The largest absolute Gasteiger partial charge is 0.444 e. The van der Waals surface area contributed by atoms with E-state index in [0.29, 0.717) is 0 Å². The van der Waals surface area contributed by atoms with Crippen molar-refractivity contribution in [1.82, 2.24) is 5.32 Å². The molecule has 6 nitrogen and oxygen atoms in total. The minimum absolute atomic E-state index is 0.378. The molecule has 0 heterocycles. The van der Waals surface area contributed by atoms with E-state index in [2.05, 4.69) is 10.1 Å². The Labute approximate surface area is 106 Å². The van der Waals surface area contributed by atoms with E-state index in [9.17, 15) is 14.4 Å². The summed E-state index contributed by atoms with van der Waals surface area (Å²) in [4.78, 5) is 33.9. The summed E-state index contributed by atoms with van der Waals surface area (Å²) in [7, 11) is 0. The minimum atomic E-state index is -0.779. The summed E-state index contributed by atoms with van der Waals surface area (Å²) in [6.07, 6.45) is 0.751. The summed E-state index contributed by atoms with van der Waals surface area (Å²) < 4.78 is 9.54. The maximum atomic E-state index is 11.4. The Kier molecular flexibility index (Phi) is 3.98. The van der Waals surface area contributed by atoms with E-state index in [1.165, 1.54) is 0 Å². The third kappa shape index (κ3) is 4.73. The van der Waals surface area contributed by atoms with Gasteiger partial charge in [0.15, 0.2) is 0 Å². The molecular formula is C12H19NO5. The topological polar surface area (TPSA) is 81.7 Å². The molecule has 0 saturated heterocycles. The van der Waals surface area contributed by atoms with Gasteiger partial charge in [-0.25, -0.2) is 9.59 Å². The molecule has 0 bridgehead atoms. The second kappa shape index (κ2) is 4.96. The molecule has 18 heavy (non-hydrogen) atoms. The van der Waals surface area contributed by atoms with Crippen molar-refractivity contribution in [2.75, 3.05) is 6.54 Å². The van der Waals surface area contributed by atoms with Gasteiger partial charge < -0.3 is 14.8 Å². The Morgan fingerprint density at radius 1 is 1.22 bits per heavy atom. The lowest BCUT2D eigenvalue weighted by Gasteiger charge is -2.19. The van der Waals surface area contributed by atoms with Crippen LogP contribution in [-0.2, 0) is 19.1 Å². The van der Waals surface area contributed by atoms with Gasteiger partial charge in [-0.3, -0.25) is 4.79 Å². The fraction of sp³-hybridized carbons (Fsp3) is 0.750. The van der Waals surface area contributed by atoms with Gasteiger partial charge in [0.25, 0.3) is 0 Å². The number of rotatable bonds is 3. The number of esters is 2. The van der Waals surface area contributed by atoms with E-state index in [0.717, 1.165) is 12.8 Å². The predicted molar refractivity (Wildman–Crippen MR) is 62.7 cm³/mol. The Morgan fingerprint density at radius 3 is 2.22 bits per heavy atom. The number of hydrogen-bond donors (Lipinski definition) is 1. The van der Waals surface area contributed by atoms with Crippen molar-refractivity contribution in [3.63, 3.8) is 0 Å². The van der Waals surface area contributed by atoms with Crippen molar-refractivity contribution in [2.24, 2.45) is 5.41 Å². The fourth-order valence-corrected chi connectivity index (χ4v) is 1.11. The molecule has 6 heteroatoms. The first kappa shape index (κ1) is 14.5. The van der Waals surface area contributed by atoms with Crippen molar-refractivity contribution in [3.8, 4) is 0 Å². The first-order chi connectivity index (χ1) is 8.12. The van der Waals surface area contributed by atoms with Gasteiger partial charge in [-0.05, 0) is 40.5 Å². The molecule has 1 N–H and O–H groups in total. The van der Waals surface area contributed by atoms with Crippen LogP contribution in [0.4, 0.5) is 4.79 Å². The first-order valence-electron chi connectivity index (χ1n) is 5.84. The lowest BCUT2D eigenvalue weighted by atomic mass is 10.1. The Morgan fingerprint density at radius 2 is 1.78 bits per heavy atom. The number of amides is 1. The summed E-state index contributed by atoms with van der Waals surface area (Å²) in [5.41, 5.74) is -1.15. The van der Waals surface area contributed by atoms with Crippen LogP contribution in [-0.4, -0.2) is 30.2 Å². The zero-order valence-corrected chi connectivity index (χ0v) is 11.2. The second-order valence-corrected chi connectivity index (χ2v) is 5.68. The van der Waals surface area contributed by atoms with Gasteiger partial charge in [-0.2, -0.15) is 0 Å². The molecule has 1 fully saturated rings. The summed E-state index contributed by atoms with van der Waals surface area (Å²) in [6.45, 7) is 6.49. The zero-order chi connectivity index (χ0) is 14.0. The van der Waals surface area contributed by atoms with Crippen LogP contribution < -0.4 is 5.32 Å². The van der Waals surface area contributed by atoms with Gasteiger partial charge in [0.05, 0.1) is 5.41 Å². The quantitative estimate of drug-likeness (QED) is 0.610. The van der Waals surface area contributed by atoms with E-state index in [1.54, 1.807) is 27.7 Å². The second-order valence-electron chi connectivity index (χ2n) is 5.68. The average Bonchev–Trinajstić information content (AvgIpc) is 2.92. The van der Waals surface area contributed by atoms with Crippen molar-refractivity contribution >= 4 is 18.0 Å². The number of carbonyl (C=O) groups is 3. The molecule has 0 aromatic rings. The number of carbonyl (C=O) groups excluding carboxylic acids is 3. The summed E-state index contributed by atoms with van der Waals surface area (Å²) in [6, 6.07) is 0. The number of ether oxygens (including phenoxy) is 2. The Bertz CT molecular complexity index is 365. The van der Waals surface area contributed by atoms with E-state index in [4.69, 9.17) is 4.74 Å². The monoisotopic (exact) mass is 257 g/mol. The highest BCUT2D eigenvalue weighted by Crippen LogP contribution is 2.45. The van der Waals surface area contributed by atoms with Gasteiger partial charge in [0.2, 0.25) is 0 Å². The number of nitrogens with one attached hydrogen (secondary N) is 1. The first-order valence-corrected chi connectivity index (χ1v) is 5.84. The SMILES string of the molecule is CC(C)(C)OC(=O)NCC(=O)OC(=O)C1(C)CC1. The molecule has 0 aliphatic heterocycles. The van der Waals surface area contributed by atoms with Crippen LogP contribution in [0.15, 0.2) is 0 Å². The molecule has 1 aliphatic carbocycles. The zero-order valence-electron chi connectivity index (χ0n) is 11.2. The predicted octanol–water partition coefficient (Wildman–Crippen LogP) is 1.38. The summed E-state index contributed by atoms with van der Waals surface area (Å²) >= 11 is 0. The molecule has 1 saturated carbocycles. The lowest BCUT2D eigenvalue weighted by molar-refractivity contribution is -0.162. The summed E-state index contributed by atoms with van der Waals surface area (Å²) in [5.74, 6) is -1.31. The van der Waals surface area contributed by atoms with Crippen LogP contribution in [0.25, 0.3) is 0 Å². The van der Waals surface area contributed by atoms with Gasteiger partial charge in [0, 0.05) is 0 Å². The highest BCUT2D eigenvalue weighted by atomic mass is 16.6. The van der Waals surface area contributed by atoms with Crippen LogP contribution in [0.5, 0.6) is 0 Å². The van der Waals surface area contributed by atoms with Gasteiger partial charge in [-0.1, -0.05) is 0 Å². The maximum absolute atomic E-state index is 11.4. The van der Waals surface area contributed by atoms with Crippen molar-refractivity contribution < 1.29 is 23.9 Å². The molecule has 0 aromatic heterocycles. The van der Waals surface area contributed by atoms with E-state index in [1.807, 2.05) is 0 Å². The molecule has 1 rings (SSSR count). The fourth-order valence-electron chi connectivity index (χ4n) is 1.11. The molecule has 1 aliphatic rings. The molecule has 0 radical (unpaired) electrons. The molecule has 0 atom stereocenters. The van der Waals surface area contributed by atoms with Crippen LogP contribution in [0.2, 0.25) is 0 Å². The van der Waals surface area contributed by atoms with E-state index < -0.39 is 29.0 Å². The van der Waals surface area contributed by atoms with E-state index in [-0.39, 0.29) is 6.54 Å². The van der Waals surface area contributed by atoms with Crippen LogP contribution in [0, 0.1) is 5.41 Å². The normalized spacial score (nSPS) is 16.7. The average molecular weight is 257 g/mol. The summed E-state index contributed by atoms with van der Waals surface area (Å²) in [5, 5.41) is 2.23. The van der Waals surface area contributed by atoms with Crippen LogP contribution in [0.3, 0.4) is 0 Å². The Balaban J connectivity index is 2.25. The highest BCUT2D eigenvalue weighted by Gasteiger charge is 2.47. The highest BCUT2D eigenvalue weighted by molar-refractivity contribution is 5.91. The third-order valence-corrected chi connectivity index (χ3v) is 2.48. The van der Waals surface area contributed by atoms with Gasteiger partial charge >= 0.3 is 18.0 Å². The van der Waals surface area contributed by atoms with Gasteiger partial charge in [-0.15, -0.1) is 0 Å². The van der Waals surface area contributed by atoms with Crippen molar-refractivity contribution in [1.29, 1.82) is 0 Å². The Hall–Kier alpha value is -1.59. The van der Waals surface area contributed by atoms with Crippen molar-refractivity contribution in [3.05, 3.63) is 0 Å². The number of alkyl carbamates (subject to hydrolysis) is 1. The lowest BCUT2D eigenvalue weighted by Crippen LogP contribution is -2.37. The molecular weight excluding hydrogens is 238 g/mol. The van der Waals surface area contributed by atoms with Crippen LogP contribution in [0.1, 0.15) is 40.5 Å². The van der Waals surface area contributed by atoms with E-state index >= 15 is 0 Å². The molecule has 0 aromatic carbocycles. The van der Waals surface area contributed by atoms with Gasteiger partial charge in [0.1, 0.15) is 12.1 Å². The third-order valence-electron chi connectivity index (χ3n) is 2.48. The molecule has 0 spiro atoms. The standard InChI is InChI=1S/C12H19NO5/c1-11(2,3)18-10(16)13-7-8(14)17-9(15)12(4)5-6-12/h5-7H2,1-4H3,(H,13,16). The van der Waals surface area contributed by atoms with Crippen LogP contribution >= 0.6 is 0 Å². The molecule has 0 unspecified atom stereocenters. The molecule has 102 valence electrons. The van der Waals surface area contributed by atoms with Crippen molar-refractivity contribution in [2.45, 2.75) is 46.1 Å². The minimum Gasteiger partial charge on any atom is -0.444 e.